The molecular formula is C11H14N2O2. The zero-order valence-corrected chi connectivity index (χ0v) is 8.47. The number of pyridine rings is 1. The molecule has 1 unspecified atom stereocenters. The molecule has 80 valence electrons. The summed E-state index contributed by atoms with van der Waals surface area (Å²) in [6, 6.07) is 3.92. The van der Waals surface area contributed by atoms with E-state index in [0.717, 1.165) is 25.1 Å². The van der Waals surface area contributed by atoms with Crippen molar-refractivity contribution in [2.24, 2.45) is 5.92 Å². The summed E-state index contributed by atoms with van der Waals surface area (Å²) in [6.07, 6.45) is 4.33. The lowest BCUT2D eigenvalue weighted by molar-refractivity contribution is -0.141. The fraction of sp³-hybridized carbons (Fsp3) is 0.455. The molecule has 0 amide bonds. The first-order valence-electron chi connectivity index (χ1n) is 5.10. The van der Waals surface area contributed by atoms with Gasteiger partial charge in [0, 0.05) is 25.5 Å². The van der Waals surface area contributed by atoms with E-state index in [1.807, 2.05) is 18.3 Å². The van der Waals surface area contributed by atoms with Gasteiger partial charge in [-0.15, -0.1) is 0 Å². The third-order valence-electron chi connectivity index (χ3n) is 2.75. The van der Waals surface area contributed by atoms with Crippen LogP contribution in [0.3, 0.4) is 0 Å². The summed E-state index contributed by atoms with van der Waals surface area (Å²) >= 11 is 0. The maximum absolute atomic E-state index is 10.8. The maximum atomic E-state index is 10.8. The first kappa shape index (κ1) is 10.1. The summed E-state index contributed by atoms with van der Waals surface area (Å²) in [5.74, 6) is -0.870. The van der Waals surface area contributed by atoms with E-state index < -0.39 is 5.97 Å². The average Bonchev–Trinajstić information content (AvgIpc) is 2.68. The van der Waals surface area contributed by atoms with Crippen molar-refractivity contribution in [1.82, 2.24) is 9.88 Å². The zero-order chi connectivity index (χ0) is 10.7. The normalized spacial score (nSPS) is 21.7. The molecule has 15 heavy (non-hydrogen) atoms. The van der Waals surface area contributed by atoms with Gasteiger partial charge in [-0.3, -0.25) is 14.7 Å². The number of hydrogen-bond acceptors (Lipinski definition) is 3. The first-order chi connectivity index (χ1) is 7.25. The van der Waals surface area contributed by atoms with Gasteiger partial charge >= 0.3 is 5.97 Å². The van der Waals surface area contributed by atoms with Gasteiger partial charge < -0.3 is 5.11 Å². The van der Waals surface area contributed by atoms with Crippen molar-refractivity contribution in [2.45, 2.75) is 13.0 Å². The quantitative estimate of drug-likeness (QED) is 0.801. The van der Waals surface area contributed by atoms with E-state index in [0.29, 0.717) is 6.54 Å². The number of carboxylic acids is 1. The molecule has 1 N–H and O–H groups in total. The van der Waals surface area contributed by atoms with Gasteiger partial charge in [0.2, 0.25) is 0 Å². The molecule has 1 aliphatic heterocycles. The molecule has 1 atom stereocenters. The topological polar surface area (TPSA) is 53.4 Å². The van der Waals surface area contributed by atoms with Crippen LogP contribution in [0.1, 0.15) is 12.0 Å². The van der Waals surface area contributed by atoms with Crippen LogP contribution in [-0.2, 0) is 11.3 Å². The van der Waals surface area contributed by atoms with E-state index in [-0.39, 0.29) is 5.92 Å². The van der Waals surface area contributed by atoms with Crippen molar-refractivity contribution >= 4 is 5.97 Å². The van der Waals surface area contributed by atoms with Gasteiger partial charge in [0.15, 0.2) is 0 Å². The summed E-state index contributed by atoms with van der Waals surface area (Å²) in [5.41, 5.74) is 1.14. The van der Waals surface area contributed by atoms with Crippen molar-refractivity contribution in [1.29, 1.82) is 0 Å². The lowest BCUT2D eigenvalue weighted by Crippen LogP contribution is -2.22. The Bertz CT molecular complexity index is 340. The van der Waals surface area contributed by atoms with E-state index in [9.17, 15) is 4.79 Å². The van der Waals surface area contributed by atoms with E-state index in [1.165, 1.54) is 0 Å². The van der Waals surface area contributed by atoms with Gasteiger partial charge in [0.05, 0.1) is 5.92 Å². The number of rotatable bonds is 3. The summed E-state index contributed by atoms with van der Waals surface area (Å²) in [5, 5.41) is 8.86. The van der Waals surface area contributed by atoms with Crippen LogP contribution in [-0.4, -0.2) is 34.0 Å². The molecule has 2 rings (SSSR count). The minimum absolute atomic E-state index is 0.193. The van der Waals surface area contributed by atoms with Crippen LogP contribution in [0.5, 0.6) is 0 Å². The molecule has 1 saturated heterocycles. The van der Waals surface area contributed by atoms with Crippen molar-refractivity contribution in [3.8, 4) is 0 Å². The summed E-state index contributed by atoms with van der Waals surface area (Å²) in [7, 11) is 0. The van der Waals surface area contributed by atoms with Crippen molar-refractivity contribution in [3.63, 3.8) is 0 Å². The summed E-state index contributed by atoms with van der Waals surface area (Å²) in [4.78, 5) is 17.0. The lowest BCUT2D eigenvalue weighted by Gasteiger charge is -2.14. The van der Waals surface area contributed by atoms with Gasteiger partial charge in [-0.25, -0.2) is 0 Å². The second kappa shape index (κ2) is 4.40. The standard InChI is InChI=1S/C11H14N2O2/c14-11(15)10-3-5-13(8-10)7-9-2-1-4-12-6-9/h1-2,4,6,10H,3,5,7-8H2,(H,14,15). The largest absolute Gasteiger partial charge is 0.481 e. The van der Waals surface area contributed by atoms with Crippen molar-refractivity contribution in [2.75, 3.05) is 13.1 Å². The Kier molecular flexibility index (Phi) is 2.97. The highest BCUT2D eigenvalue weighted by Gasteiger charge is 2.27. The van der Waals surface area contributed by atoms with Crippen LogP contribution in [0.2, 0.25) is 0 Å². The highest BCUT2D eigenvalue weighted by Crippen LogP contribution is 2.18. The number of nitrogens with zero attached hydrogens (tertiary/aromatic N) is 2. The number of likely N-dealkylation sites (tertiary alicyclic amines) is 1. The Balaban J connectivity index is 1.90. The number of aromatic nitrogens is 1. The number of carboxylic acid groups (broad SMARTS) is 1. The molecule has 0 radical (unpaired) electrons. The van der Waals surface area contributed by atoms with Crippen LogP contribution >= 0.6 is 0 Å². The predicted octanol–water partition coefficient (Wildman–Crippen LogP) is 0.988. The van der Waals surface area contributed by atoms with Gasteiger partial charge in [-0.05, 0) is 24.6 Å². The fourth-order valence-electron chi connectivity index (χ4n) is 1.93. The van der Waals surface area contributed by atoms with Gasteiger partial charge in [-0.2, -0.15) is 0 Å². The van der Waals surface area contributed by atoms with Gasteiger partial charge in [0.25, 0.3) is 0 Å². The van der Waals surface area contributed by atoms with Crippen molar-refractivity contribution in [3.05, 3.63) is 30.1 Å². The van der Waals surface area contributed by atoms with Crippen LogP contribution in [0, 0.1) is 5.92 Å². The predicted molar refractivity (Wildman–Crippen MR) is 55.3 cm³/mol. The minimum atomic E-state index is -0.677. The molecule has 4 nitrogen and oxygen atoms in total. The van der Waals surface area contributed by atoms with Gasteiger partial charge in [-0.1, -0.05) is 6.07 Å². The highest BCUT2D eigenvalue weighted by molar-refractivity contribution is 5.70. The molecule has 0 saturated carbocycles. The SMILES string of the molecule is O=C(O)C1CCN(Cc2cccnc2)C1. The second-order valence-corrected chi connectivity index (χ2v) is 3.92. The summed E-state index contributed by atoms with van der Waals surface area (Å²) in [6.45, 7) is 2.33. The molecule has 4 heteroatoms. The lowest BCUT2D eigenvalue weighted by atomic mass is 10.1. The molecule has 2 heterocycles. The molecule has 1 aromatic rings. The zero-order valence-electron chi connectivity index (χ0n) is 8.47. The van der Waals surface area contributed by atoms with E-state index in [1.54, 1.807) is 6.20 Å². The Morgan fingerprint density at radius 1 is 1.67 bits per heavy atom. The highest BCUT2D eigenvalue weighted by atomic mass is 16.4. The van der Waals surface area contributed by atoms with Crippen LogP contribution in [0.15, 0.2) is 24.5 Å². The minimum Gasteiger partial charge on any atom is -0.481 e. The van der Waals surface area contributed by atoms with E-state index >= 15 is 0 Å². The Labute approximate surface area is 88.6 Å². The molecule has 1 fully saturated rings. The molecule has 0 bridgehead atoms. The third kappa shape index (κ3) is 2.53. The third-order valence-corrected chi connectivity index (χ3v) is 2.75. The fourth-order valence-corrected chi connectivity index (χ4v) is 1.93. The number of carbonyl (C=O) groups is 1. The molecule has 1 aliphatic rings. The molecule has 0 spiro atoms. The van der Waals surface area contributed by atoms with Crippen LogP contribution in [0.25, 0.3) is 0 Å². The Morgan fingerprint density at radius 2 is 2.53 bits per heavy atom. The average molecular weight is 206 g/mol. The Morgan fingerprint density at radius 3 is 3.13 bits per heavy atom. The van der Waals surface area contributed by atoms with Crippen LogP contribution in [0.4, 0.5) is 0 Å². The molecule has 0 aromatic carbocycles. The molecular weight excluding hydrogens is 192 g/mol. The molecule has 1 aromatic heterocycles. The number of hydrogen-bond donors (Lipinski definition) is 1. The number of aliphatic carboxylic acids is 1. The van der Waals surface area contributed by atoms with Gasteiger partial charge in [0.1, 0.15) is 0 Å². The monoisotopic (exact) mass is 206 g/mol. The second-order valence-electron chi connectivity index (χ2n) is 3.92. The van der Waals surface area contributed by atoms with E-state index in [2.05, 4.69) is 9.88 Å². The Hall–Kier alpha value is -1.42. The maximum Gasteiger partial charge on any atom is 0.307 e. The smallest absolute Gasteiger partial charge is 0.307 e. The first-order valence-corrected chi connectivity index (χ1v) is 5.10. The summed E-state index contributed by atoms with van der Waals surface area (Å²) < 4.78 is 0. The molecule has 0 aliphatic carbocycles. The van der Waals surface area contributed by atoms with E-state index in [4.69, 9.17) is 5.11 Å². The van der Waals surface area contributed by atoms with Crippen molar-refractivity contribution < 1.29 is 9.90 Å². The van der Waals surface area contributed by atoms with Crippen LogP contribution < -0.4 is 0 Å².